The van der Waals surface area contributed by atoms with E-state index in [1.165, 1.54) is 0 Å². The van der Waals surface area contributed by atoms with E-state index in [-0.39, 0.29) is 5.60 Å². The molecule has 1 aromatic rings. The molecule has 0 saturated carbocycles. The normalized spacial score (nSPS) is 27.2. The molecule has 1 spiro atoms. The summed E-state index contributed by atoms with van der Waals surface area (Å²) in [7, 11) is 1.75. The molecule has 0 aromatic carbocycles. The molecular weight excluding hydrogens is 294 g/mol. The van der Waals surface area contributed by atoms with Crippen LogP contribution in [0, 0.1) is 0 Å². The molecule has 23 heavy (non-hydrogen) atoms. The van der Waals surface area contributed by atoms with Gasteiger partial charge in [-0.2, -0.15) is 0 Å². The molecule has 3 rings (SSSR count). The van der Waals surface area contributed by atoms with E-state index in [1.54, 1.807) is 7.11 Å². The monoisotopic (exact) mass is 321 g/mol. The maximum atomic E-state index is 6.20. The lowest BCUT2D eigenvalue weighted by atomic mass is 10.0. The summed E-state index contributed by atoms with van der Waals surface area (Å²) >= 11 is 0. The first kappa shape index (κ1) is 16.8. The van der Waals surface area contributed by atoms with Crippen molar-refractivity contribution >= 4 is 0 Å². The maximum Gasteiger partial charge on any atom is 0.117 e. The summed E-state index contributed by atoms with van der Waals surface area (Å²) in [5.41, 5.74) is 0.868. The van der Waals surface area contributed by atoms with Crippen LogP contribution in [-0.2, 0) is 20.8 Å². The molecule has 1 atom stereocenters. The van der Waals surface area contributed by atoms with Crippen molar-refractivity contribution in [2.24, 2.45) is 0 Å². The van der Waals surface area contributed by atoms with Gasteiger partial charge in [0.1, 0.15) is 5.60 Å². The third kappa shape index (κ3) is 4.71. The minimum absolute atomic E-state index is 0.239. The van der Waals surface area contributed by atoms with Gasteiger partial charge >= 0.3 is 0 Å². The first-order valence-electron chi connectivity index (χ1n) is 8.35. The van der Waals surface area contributed by atoms with Crippen molar-refractivity contribution in [2.45, 2.75) is 12.1 Å². The van der Waals surface area contributed by atoms with Crippen LogP contribution in [-0.4, -0.2) is 86.6 Å². The lowest BCUT2D eigenvalue weighted by Crippen LogP contribution is -2.58. The van der Waals surface area contributed by atoms with Crippen molar-refractivity contribution in [3.8, 4) is 0 Å². The van der Waals surface area contributed by atoms with Crippen LogP contribution in [0.4, 0.5) is 0 Å². The Kier molecular flexibility index (Phi) is 5.96. The van der Waals surface area contributed by atoms with E-state index in [1.807, 2.05) is 18.3 Å². The van der Waals surface area contributed by atoms with Crippen LogP contribution in [0.1, 0.15) is 5.69 Å². The van der Waals surface area contributed by atoms with Gasteiger partial charge in [0.2, 0.25) is 0 Å². The summed E-state index contributed by atoms with van der Waals surface area (Å²) in [6.45, 7) is 8.36. The third-order valence-corrected chi connectivity index (χ3v) is 4.48. The lowest BCUT2D eigenvalue weighted by molar-refractivity contribution is -0.143. The van der Waals surface area contributed by atoms with Gasteiger partial charge in [0.25, 0.3) is 0 Å². The van der Waals surface area contributed by atoms with Gasteiger partial charge in [0.15, 0.2) is 0 Å². The Morgan fingerprint density at radius 3 is 2.91 bits per heavy atom. The zero-order valence-electron chi connectivity index (χ0n) is 13.9. The van der Waals surface area contributed by atoms with Crippen LogP contribution in [0.5, 0.6) is 0 Å². The molecule has 0 amide bonds. The minimum atomic E-state index is -0.239. The molecule has 3 heterocycles. The fraction of sp³-hybridized carbons (Fsp3) is 0.706. The van der Waals surface area contributed by atoms with E-state index in [0.29, 0.717) is 6.61 Å². The SMILES string of the molecule is COCCN1CCOCC2(C1)CN(Cc1ccccn1)CCO2. The number of nitrogens with zero attached hydrogens (tertiary/aromatic N) is 3. The van der Waals surface area contributed by atoms with E-state index in [2.05, 4.69) is 20.9 Å². The number of methoxy groups -OCH3 is 1. The van der Waals surface area contributed by atoms with Crippen LogP contribution in [0.15, 0.2) is 24.4 Å². The highest BCUT2D eigenvalue weighted by atomic mass is 16.5. The Bertz CT molecular complexity index is 473. The van der Waals surface area contributed by atoms with Crippen LogP contribution in [0.2, 0.25) is 0 Å². The fourth-order valence-corrected chi connectivity index (χ4v) is 3.36. The summed E-state index contributed by atoms with van der Waals surface area (Å²) in [6, 6.07) is 6.08. The van der Waals surface area contributed by atoms with Gasteiger partial charge in [-0.15, -0.1) is 0 Å². The van der Waals surface area contributed by atoms with Crippen LogP contribution < -0.4 is 0 Å². The zero-order chi connectivity index (χ0) is 16.0. The molecule has 128 valence electrons. The highest BCUT2D eigenvalue weighted by Gasteiger charge is 2.40. The molecule has 0 aliphatic carbocycles. The molecular formula is C17H27N3O3. The predicted octanol–water partition coefficient (Wildman–Crippen LogP) is 0.631. The second-order valence-corrected chi connectivity index (χ2v) is 6.38. The molecule has 6 heteroatoms. The number of rotatable bonds is 5. The van der Waals surface area contributed by atoms with Gasteiger partial charge in [0, 0.05) is 52.6 Å². The van der Waals surface area contributed by atoms with Crippen LogP contribution >= 0.6 is 0 Å². The summed E-state index contributed by atoms with van der Waals surface area (Å²) < 4.78 is 17.3. The quantitative estimate of drug-likeness (QED) is 0.793. The average Bonchev–Trinajstić information content (AvgIpc) is 2.76. The molecule has 1 aromatic heterocycles. The number of ether oxygens (including phenoxy) is 3. The van der Waals surface area contributed by atoms with Crippen molar-refractivity contribution < 1.29 is 14.2 Å². The Labute approximate surface area is 138 Å². The van der Waals surface area contributed by atoms with E-state index >= 15 is 0 Å². The van der Waals surface area contributed by atoms with Gasteiger partial charge in [-0.3, -0.25) is 14.8 Å². The smallest absolute Gasteiger partial charge is 0.117 e. The van der Waals surface area contributed by atoms with Gasteiger partial charge in [-0.25, -0.2) is 0 Å². The standard InChI is InChI=1S/C17H27N3O3/c1-21-9-6-19-7-10-22-15-17(13-19)14-20(8-11-23-17)12-16-4-2-3-5-18-16/h2-5H,6-15H2,1H3. The number of morpholine rings is 1. The van der Waals surface area contributed by atoms with Gasteiger partial charge in [-0.1, -0.05) is 6.07 Å². The number of hydrogen-bond acceptors (Lipinski definition) is 6. The highest BCUT2D eigenvalue weighted by Crippen LogP contribution is 2.23. The van der Waals surface area contributed by atoms with Gasteiger partial charge in [0.05, 0.1) is 32.1 Å². The van der Waals surface area contributed by atoms with E-state index in [0.717, 1.165) is 64.8 Å². The Morgan fingerprint density at radius 1 is 1.22 bits per heavy atom. The Balaban J connectivity index is 1.62. The summed E-state index contributed by atoms with van der Waals surface area (Å²) in [5, 5.41) is 0. The molecule has 0 radical (unpaired) electrons. The zero-order valence-corrected chi connectivity index (χ0v) is 13.9. The summed E-state index contributed by atoms with van der Waals surface area (Å²) in [5.74, 6) is 0. The first-order chi connectivity index (χ1) is 11.3. The topological polar surface area (TPSA) is 47.1 Å². The van der Waals surface area contributed by atoms with Crippen molar-refractivity contribution in [1.29, 1.82) is 0 Å². The molecule has 0 bridgehead atoms. The summed E-state index contributed by atoms with van der Waals surface area (Å²) in [6.07, 6.45) is 1.85. The second kappa shape index (κ2) is 8.17. The Morgan fingerprint density at radius 2 is 2.09 bits per heavy atom. The molecule has 0 N–H and O–H groups in total. The molecule has 2 fully saturated rings. The molecule has 6 nitrogen and oxygen atoms in total. The van der Waals surface area contributed by atoms with E-state index < -0.39 is 0 Å². The first-order valence-corrected chi connectivity index (χ1v) is 8.35. The molecule has 2 saturated heterocycles. The molecule has 2 aliphatic rings. The van der Waals surface area contributed by atoms with E-state index in [9.17, 15) is 0 Å². The number of pyridine rings is 1. The largest absolute Gasteiger partial charge is 0.383 e. The number of aromatic nitrogens is 1. The third-order valence-electron chi connectivity index (χ3n) is 4.48. The van der Waals surface area contributed by atoms with Crippen LogP contribution in [0.25, 0.3) is 0 Å². The summed E-state index contributed by atoms with van der Waals surface area (Å²) in [4.78, 5) is 9.25. The average molecular weight is 321 g/mol. The number of hydrogen-bond donors (Lipinski definition) is 0. The minimum Gasteiger partial charge on any atom is -0.383 e. The molecule has 2 aliphatic heterocycles. The van der Waals surface area contributed by atoms with Gasteiger partial charge in [-0.05, 0) is 12.1 Å². The lowest BCUT2D eigenvalue weighted by Gasteiger charge is -2.43. The molecule has 1 unspecified atom stereocenters. The Hall–Kier alpha value is -1.05. The van der Waals surface area contributed by atoms with Crippen molar-refractivity contribution in [3.05, 3.63) is 30.1 Å². The maximum absolute atomic E-state index is 6.20. The van der Waals surface area contributed by atoms with Crippen molar-refractivity contribution in [1.82, 2.24) is 14.8 Å². The van der Waals surface area contributed by atoms with Crippen molar-refractivity contribution in [2.75, 3.05) is 66.3 Å². The second-order valence-electron chi connectivity index (χ2n) is 6.38. The fourth-order valence-electron chi connectivity index (χ4n) is 3.36. The van der Waals surface area contributed by atoms with Crippen LogP contribution in [0.3, 0.4) is 0 Å². The van der Waals surface area contributed by atoms with E-state index in [4.69, 9.17) is 14.2 Å². The van der Waals surface area contributed by atoms with Gasteiger partial charge < -0.3 is 14.2 Å². The highest BCUT2D eigenvalue weighted by molar-refractivity contribution is 5.04. The predicted molar refractivity (Wildman–Crippen MR) is 87.3 cm³/mol. The van der Waals surface area contributed by atoms with Crippen molar-refractivity contribution in [3.63, 3.8) is 0 Å².